The number of hydrogen-bond acceptors (Lipinski definition) is 4. The summed E-state index contributed by atoms with van der Waals surface area (Å²) in [5, 5.41) is 5.57. The lowest BCUT2D eigenvalue weighted by Gasteiger charge is -2.13. The number of nitrogens with zero attached hydrogens (tertiary/aromatic N) is 1. The molecule has 5 rings (SSSR count). The highest BCUT2D eigenvalue weighted by Gasteiger charge is 2.22. The molecule has 0 saturated heterocycles. The number of fused-ring (bicyclic) bond motifs is 6. The summed E-state index contributed by atoms with van der Waals surface area (Å²) in [5.41, 5.74) is 1.14. The monoisotopic (exact) mass is 362 g/mol. The summed E-state index contributed by atoms with van der Waals surface area (Å²) in [4.78, 5) is 0. The maximum absolute atomic E-state index is 5.74. The number of aromatic nitrogens is 1. The molecule has 0 bridgehead atoms. The maximum atomic E-state index is 5.74. The quantitative estimate of drug-likeness (QED) is 0.406. The summed E-state index contributed by atoms with van der Waals surface area (Å²) in [6, 6.07) is 12.5. The van der Waals surface area contributed by atoms with Gasteiger partial charge in [0, 0.05) is 5.39 Å². The van der Waals surface area contributed by atoms with Gasteiger partial charge in [0.1, 0.15) is 7.05 Å². The van der Waals surface area contributed by atoms with Gasteiger partial charge in [0.05, 0.1) is 29.9 Å². The van der Waals surface area contributed by atoms with Crippen molar-refractivity contribution in [1.29, 1.82) is 0 Å². The van der Waals surface area contributed by atoms with E-state index in [0.29, 0.717) is 6.61 Å². The molecule has 5 nitrogen and oxygen atoms in total. The first-order chi connectivity index (χ1) is 13.2. The van der Waals surface area contributed by atoms with Crippen LogP contribution in [0.15, 0.2) is 42.6 Å². The first-order valence-corrected chi connectivity index (χ1v) is 8.99. The van der Waals surface area contributed by atoms with Crippen LogP contribution in [0.4, 0.5) is 0 Å². The van der Waals surface area contributed by atoms with Gasteiger partial charge >= 0.3 is 0 Å². The second-order valence-electron chi connectivity index (χ2n) is 6.62. The molecule has 0 atom stereocenters. The van der Waals surface area contributed by atoms with Crippen LogP contribution in [0, 0.1) is 0 Å². The molecule has 1 aliphatic heterocycles. The normalized spacial score (nSPS) is 12.9. The summed E-state index contributed by atoms with van der Waals surface area (Å²) in [7, 11) is 3.74. The fourth-order valence-electron chi connectivity index (χ4n) is 3.98. The van der Waals surface area contributed by atoms with Crippen molar-refractivity contribution >= 4 is 32.4 Å². The smallest absolute Gasteiger partial charge is 0.231 e. The summed E-state index contributed by atoms with van der Waals surface area (Å²) < 4.78 is 24.7. The number of benzene rings is 3. The second-order valence-corrected chi connectivity index (χ2v) is 6.62. The number of methoxy groups -OCH3 is 1. The van der Waals surface area contributed by atoms with Crippen LogP contribution < -0.4 is 23.5 Å². The molecule has 27 heavy (non-hydrogen) atoms. The van der Waals surface area contributed by atoms with E-state index in [1.165, 1.54) is 0 Å². The number of rotatable bonds is 3. The lowest BCUT2D eigenvalue weighted by atomic mass is 10.00. The third kappa shape index (κ3) is 2.28. The standard InChI is InChI=1S/C22H20NO4/c1-4-25-18-8-7-14-15-6-5-13-9-19-20(27-12-26-19)10-16(13)21(15)23(2)11-17(14)22(18)24-3/h5-11H,4,12H2,1-3H3/q+1. The first-order valence-electron chi connectivity index (χ1n) is 8.99. The molecule has 0 aliphatic carbocycles. The zero-order chi connectivity index (χ0) is 18.5. The first kappa shape index (κ1) is 16.0. The SMILES string of the molecule is CCOc1ccc2c(c[n+](C)c3c4cc5c(cc4ccc23)OCO5)c1OC. The van der Waals surface area contributed by atoms with Gasteiger partial charge in [-0.2, -0.15) is 4.57 Å². The van der Waals surface area contributed by atoms with E-state index in [1.807, 2.05) is 19.1 Å². The molecule has 136 valence electrons. The molecule has 3 aromatic carbocycles. The molecule has 0 amide bonds. The highest BCUT2D eigenvalue weighted by Crippen LogP contribution is 2.41. The Morgan fingerprint density at radius 1 is 0.963 bits per heavy atom. The fraction of sp³-hybridized carbons (Fsp3) is 0.227. The minimum absolute atomic E-state index is 0.274. The minimum atomic E-state index is 0.274. The third-order valence-electron chi connectivity index (χ3n) is 5.11. The van der Waals surface area contributed by atoms with E-state index in [2.05, 4.69) is 42.1 Å². The maximum Gasteiger partial charge on any atom is 0.231 e. The van der Waals surface area contributed by atoms with Gasteiger partial charge in [0.2, 0.25) is 12.3 Å². The highest BCUT2D eigenvalue weighted by molar-refractivity contribution is 6.15. The lowest BCUT2D eigenvalue weighted by Crippen LogP contribution is -2.28. The van der Waals surface area contributed by atoms with Crippen LogP contribution in [-0.2, 0) is 7.05 Å². The Bertz CT molecular complexity index is 1220. The molecule has 0 fully saturated rings. The molecule has 0 spiro atoms. The van der Waals surface area contributed by atoms with E-state index in [1.54, 1.807) is 7.11 Å². The van der Waals surface area contributed by atoms with Gasteiger partial charge < -0.3 is 18.9 Å². The van der Waals surface area contributed by atoms with Gasteiger partial charge in [-0.1, -0.05) is 6.07 Å². The summed E-state index contributed by atoms with van der Waals surface area (Å²) in [6.45, 7) is 2.84. The van der Waals surface area contributed by atoms with E-state index in [0.717, 1.165) is 55.4 Å². The van der Waals surface area contributed by atoms with Crippen LogP contribution in [0.1, 0.15) is 6.92 Å². The van der Waals surface area contributed by atoms with Crippen LogP contribution in [0.3, 0.4) is 0 Å². The Morgan fingerprint density at radius 3 is 2.52 bits per heavy atom. The van der Waals surface area contributed by atoms with Gasteiger partial charge in [0.15, 0.2) is 29.2 Å². The largest absolute Gasteiger partial charge is 0.492 e. The lowest BCUT2D eigenvalue weighted by molar-refractivity contribution is -0.642. The molecule has 5 heteroatoms. The predicted octanol–water partition coefficient (Wildman–Crippen LogP) is 4.11. The van der Waals surface area contributed by atoms with Gasteiger partial charge in [-0.05, 0) is 42.6 Å². The molecular weight excluding hydrogens is 342 g/mol. The van der Waals surface area contributed by atoms with Gasteiger partial charge in [-0.25, -0.2) is 0 Å². The van der Waals surface area contributed by atoms with E-state index in [-0.39, 0.29) is 6.79 Å². The molecule has 0 N–H and O–H groups in total. The second kappa shape index (κ2) is 5.91. The number of hydrogen-bond donors (Lipinski definition) is 0. The predicted molar refractivity (Wildman–Crippen MR) is 104 cm³/mol. The molecule has 2 heterocycles. The number of ether oxygens (including phenoxy) is 4. The van der Waals surface area contributed by atoms with Crippen molar-refractivity contribution in [2.45, 2.75) is 6.92 Å². The van der Waals surface area contributed by atoms with Gasteiger partial charge in [-0.15, -0.1) is 0 Å². The zero-order valence-corrected chi connectivity index (χ0v) is 15.5. The summed E-state index contributed by atoms with van der Waals surface area (Å²) in [5.74, 6) is 3.11. The van der Waals surface area contributed by atoms with Crippen LogP contribution in [0.2, 0.25) is 0 Å². The molecule has 1 aliphatic rings. The van der Waals surface area contributed by atoms with Crippen LogP contribution in [0.5, 0.6) is 23.0 Å². The van der Waals surface area contributed by atoms with Crippen LogP contribution in [-0.4, -0.2) is 20.5 Å². The van der Waals surface area contributed by atoms with Crippen molar-refractivity contribution in [3.8, 4) is 23.0 Å². The average molecular weight is 362 g/mol. The Balaban J connectivity index is 1.89. The van der Waals surface area contributed by atoms with Crippen molar-refractivity contribution in [3.63, 3.8) is 0 Å². The zero-order valence-electron chi connectivity index (χ0n) is 15.5. The summed E-state index contributed by atoms with van der Waals surface area (Å²) >= 11 is 0. The Labute approximate surface area is 156 Å². The number of aryl methyl sites for hydroxylation is 1. The molecule has 0 saturated carbocycles. The molecule has 1 aromatic heterocycles. The van der Waals surface area contributed by atoms with Crippen molar-refractivity contribution in [2.75, 3.05) is 20.5 Å². The van der Waals surface area contributed by atoms with Crippen molar-refractivity contribution in [1.82, 2.24) is 0 Å². The van der Waals surface area contributed by atoms with Crippen molar-refractivity contribution in [2.24, 2.45) is 7.05 Å². The Morgan fingerprint density at radius 2 is 1.74 bits per heavy atom. The van der Waals surface area contributed by atoms with Crippen molar-refractivity contribution < 1.29 is 23.5 Å². The third-order valence-corrected chi connectivity index (χ3v) is 5.11. The van der Waals surface area contributed by atoms with Crippen LogP contribution >= 0.6 is 0 Å². The van der Waals surface area contributed by atoms with Crippen LogP contribution in [0.25, 0.3) is 32.4 Å². The van der Waals surface area contributed by atoms with E-state index in [4.69, 9.17) is 18.9 Å². The van der Waals surface area contributed by atoms with E-state index >= 15 is 0 Å². The number of pyridine rings is 1. The fourth-order valence-corrected chi connectivity index (χ4v) is 3.98. The van der Waals surface area contributed by atoms with E-state index in [9.17, 15) is 0 Å². The van der Waals surface area contributed by atoms with E-state index < -0.39 is 0 Å². The Hall–Kier alpha value is -3.21. The Kier molecular flexibility index (Phi) is 3.50. The van der Waals surface area contributed by atoms with Gasteiger partial charge in [-0.3, -0.25) is 0 Å². The minimum Gasteiger partial charge on any atom is -0.492 e. The highest BCUT2D eigenvalue weighted by atomic mass is 16.7. The molecule has 0 radical (unpaired) electrons. The average Bonchev–Trinajstić information content (AvgIpc) is 3.13. The van der Waals surface area contributed by atoms with Crippen molar-refractivity contribution in [3.05, 3.63) is 42.6 Å². The van der Waals surface area contributed by atoms with Gasteiger partial charge in [0.25, 0.3) is 0 Å². The molecule has 0 unspecified atom stereocenters. The summed E-state index contributed by atoms with van der Waals surface area (Å²) in [6.07, 6.45) is 2.10. The topological polar surface area (TPSA) is 40.8 Å². The molecular formula is C22H20NO4+. The molecule has 4 aromatic rings.